The van der Waals surface area contributed by atoms with Crippen molar-refractivity contribution >= 4 is 27.9 Å². The van der Waals surface area contributed by atoms with Crippen molar-refractivity contribution in [3.05, 3.63) is 65.7 Å². The first-order valence-corrected chi connectivity index (χ1v) is 12.2. The molecular formula is C23H26N4O5S. The van der Waals surface area contributed by atoms with Crippen LogP contribution in [0.3, 0.4) is 0 Å². The second-order valence-electron chi connectivity index (χ2n) is 8.22. The largest absolute Gasteiger partial charge is 0.335 e. The van der Waals surface area contributed by atoms with E-state index in [0.29, 0.717) is 26.1 Å². The van der Waals surface area contributed by atoms with Crippen LogP contribution < -0.4 is 0 Å². The van der Waals surface area contributed by atoms with Gasteiger partial charge in [0.25, 0.3) is 0 Å². The maximum absolute atomic E-state index is 13.0. The van der Waals surface area contributed by atoms with Gasteiger partial charge in [0.2, 0.25) is 10.0 Å². The van der Waals surface area contributed by atoms with E-state index in [2.05, 4.69) is 0 Å². The molecule has 0 saturated carbocycles. The van der Waals surface area contributed by atoms with E-state index in [9.17, 15) is 22.8 Å². The molecule has 9 nitrogen and oxygen atoms in total. The lowest BCUT2D eigenvalue weighted by Gasteiger charge is -2.25. The Morgan fingerprint density at radius 3 is 2.15 bits per heavy atom. The highest BCUT2D eigenvalue weighted by Gasteiger charge is 2.45. The molecule has 0 bridgehead atoms. The molecule has 2 aliphatic rings. The summed E-state index contributed by atoms with van der Waals surface area (Å²) >= 11 is 0. The van der Waals surface area contributed by atoms with Gasteiger partial charge in [0.1, 0.15) is 0 Å². The Morgan fingerprint density at radius 2 is 1.45 bits per heavy atom. The van der Waals surface area contributed by atoms with E-state index < -0.39 is 27.9 Å². The van der Waals surface area contributed by atoms with E-state index in [4.69, 9.17) is 0 Å². The topological polar surface area (TPSA) is 98.3 Å². The molecule has 0 spiro atoms. The van der Waals surface area contributed by atoms with Crippen LogP contribution in [0.1, 0.15) is 17.5 Å². The second-order valence-corrected chi connectivity index (χ2v) is 10.2. The lowest BCUT2D eigenvalue weighted by Crippen LogP contribution is -2.44. The van der Waals surface area contributed by atoms with Gasteiger partial charge in [-0.05, 0) is 31.0 Å². The summed E-state index contributed by atoms with van der Waals surface area (Å²) in [6, 6.07) is 15.1. The number of imide groups is 2. The summed E-state index contributed by atoms with van der Waals surface area (Å²) in [6.07, 6.45) is 0.545. The van der Waals surface area contributed by atoms with Gasteiger partial charge in [-0.15, -0.1) is 0 Å². The van der Waals surface area contributed by atoms with Gasteiger partial charge in [-0.2, -0.15) is 4.31 Å². The molecule has 0 radical (unpaired) electrons. The minimum atomic E-state index is -3.63. The van der Waals surface area contributed by atoms with Crippen molar-refractivity contribution in [2.75, 3.05) is 32.8 Å². The average Bonchev–Trinajstić information content (AvgIpc) is 2.99. The molecule has 4 amide bonds. The zero-order valence-corrected chi connectivity index (χ0v) is 19.2. The molecule has 174 valence electrons. The highest BCUT2D eigenvalue weighted by atomic mass is 32.2. The third-order valence-corrected chi connectivity index (χ3v) is 7.78. The van der Waals surface area contributed by atoms with Crippen molar-refractivity contribution in [2.24, 2.45) is 0 Å². The quantitative estimate of drug-likeness (QED) is 0.470. The summed E-state index contributed by atoms with van der Waals surface area (Å²) in [7, 11) is -3.63. The van der Waals surface area contributed by atoms with Crippen LogP contribution in [0, 0.1) is 6.92 Å². The van der Waals surface area contributed by atoms with Gasteiger partial charge >= 0.3 is 17.8 Å². The molecule has 0 atom stereocenters. The summed E-state index contributed by atoms with van der Waals surface area (Å²) in [5, 5.41) is 0. The molecule has 2 aliphatic heterocycles. The number of rotatable bonds is 6. The number of carbonyl (C=O) groups is 3. The molecule has 2 aromatic carbocycles. The predicted octanol–water partition coefficient (Wildman–Crippen LogP) is 1.64. The zero-order valence-electron chi connectivity index (χ0n) is 18.4. The van der Waals surface area contributed by atoms with E-state index >= 15 is 0 Å². The van der Waals surface area contributed by atoms with Crippen LogP contribution in [-0.4, -0.2) is 78.1 Å². The fourth-order valence-corrected chi connectivity index (χ4v) is 5.44. The smallest absolute Gasteiger partial charge is 0.284 e. The average molecular weight is 471 g/mol. The lowest BCUT2D eigenvalue weighted by atomic mass is 10.2. The van der Waals surface area contributed by atoms with Gasteiger partial charge in [0.05, 0.1) is 18.1 Å². The highest BCUT2D eigenvalue weighted by Crippen LogP contribution is 2.20. The Labute approximate surface area is 193 Å². The molecule has 0 aliphatic carbocycles. The monoisotopic (exact) mass is 470 g/mol. The van der Waals surface area contributed by atoms with E-state index in [0.717, 1.165) is 20.9 Å². The van der Waals surface area contributed by atoms with Crippen LogP contribution in [0.25, 0.3) is 0 Å². The Morgan fingerprint density at radius 1 is 0.788 bits per heavy atom. The Bertz CT molecular complexity index is 1150. The first-order chi connectivity index (χ1) is 15.8. The lowest BCUT2D eigenvalue weighted by molar-refractivity contribution is -0.144. The molecule has 2 heterocycles. The fourth-order valence-electron chi connectivity index (χ4n) is 3.97. The fraction of sp³-hybridized carbons (Fsp3) is 0.348. The number of aryl methyl sites for hydroxylation is 1. The van der Waals surface area contributed by atoms with Crippen molar-refractivity contribution in [1.29, 1.82) is 0 Å². The standard InChI is InChI=1S/C23H26N4O5S/c1-18-8-10-20(11-9-18)33(31,32)25-13-5-12-24(14-15-25)17-27-22(29)21(28)26(23(27)30)16-19-6-3-2-4-7-19/h2-4,6-11H,5,12-17H2,1H3. The third-order valence-electron chi connectivity index (χ3n) is 5.87. The molecule has 0 unspecified atom stereocenters. The summed E-state index contributed by atoms with van der Waals surface area (Å²) in [5.74, 6) is -1.70. The van der Waals surface area contributed by atoms with Crippen molar-refractivity contribution < 1.29 is 22.8 Å². The first kappa shape index (κ1) is 23.1. The molecule has 0 N–H and O–H groups in total. The zero-order chi connectivity index (χ0) is 23.6. The number of sulfonamides is 1. The van der Waals surface area contributed by atoms with Gasteiger partial charge in [0.15, 0.2) is 0 Å². The number of hydrogen-bond donors (Lipinski definition) is 0. The number of amides is 4. The summed E-state index contributed by atoms with van der Waals surface area (Å²) in [5.41, 5.74) is 1.73. The molecule has 0 aromatic heterocycles. The number of urea groups is 1. The first-order valence-electron chi connectivity index (χ1n) is 10.8. The van der Waals surface area contributed by atoms with Gasteiger partial charge in [-0.1, -0.05) is 48.0 Å². The Kier molecular flexibility index (Phi) is 6.59. The normalized spacial score (nSPS) is 18.8. The minimum absolute atomic E-state index is 0.0311. The van der Waals surface area contributed by atoms with Crippen LogP contribution in [0.5, 0.6) is 0 Å². The Balaban J connectivity index is 1.40. The van der Waals surface area contributed by atoms with Crippen molar-refractivity contribution in [1.82, 2.24) is 19.0 Å². The van der Waals surface area contributed by atoms with Crippen LogP contribution in [0.2, 0.25) is 0 Å². The van der Waals surface area contributed by atoms with E-state index in [1.54, 1.807) is 48.5 Å². The maximum Gasteiger partial charge on any atom is 0.335 e. The summed E-state index contributed by atoms with van der Waals surface area (Å²) in [6.45, 7) is 3.30. The van der Waals surface area contributed by atoms with Gasteiger partial charge in [-0.25, -0.2) is 18.1 Å². The SMILES string of the molecule is Cc1ccc(S(=O)(=O)N2CCCN(CN3C(=O)C(=O)N(Cc4ccccc4)C3=O)CC2)cc1. The van der Waals surface area contributed by atoms with E-state index in [1.807, 2.05) is 17.9 Å². The number of benzene rings is 2. The number of hydrogen-bond acceptors (Lipinski definition) is 6. The maximum atomic E-state index is 13.0. The molecule has 33 heavy (non-hydrogen) atoms. The van der Waals surface area contributed by atoms with Crippen LogP contribution in [0.15, 0.2) is 59.5 Å². The van der Waals surface area contributed by atoms with Crippen molar-refractivity contribution in [3.63, 3.8) is 0 Å². The van der Waals surface area contributed by atoms with Crippen molar-refractivity contribution in [3.8, 4) is 0 Å². The van der Waals surface area contributed by atoms with E-state index in [1.165, 1.54) is 4.31 Å². The second kappa shape index (κ2) is 9.42. The van der Waals surface area contributed by atoms with Crippen molar-refractivity contribution in [2.45, 2.75) is 24.8 Å². The predicted molar refractivity (Wildman–Crippen MR) is 120 cm³/mol. The Hall–Kier alpha value is -3.08. The van der Waals surface area contributed by atoms with Crippen LogP contribution in [0.4, 0.5) is 4.79 Å². The summed E-state index contributed by atoms with van der Waals surface area (Å²) < 4.78 is 27.4. The highest BCUT2D eigenvalue weighted by molar-refractivity contribution is 7.89. The van der Waals surface area contributed by atoms with Crippen LogP contribution >= 0.6 is 0 Å². The molecule has 2 aromatic rings. The van der Waals surface area contributed by atoms with Gasteiger partial charge < -0.3 is 0 Å². The number of nitrogens with zero attached hydrogens (tertiary/aromatic N) is 4. The molecule has 4 rings (SSSR count). The summed E-state index contributed by atoms with van der Waals surface area (Å²) in [4.78, 5) is 41.7. The number of carbonyl (C=O) groups excluding carboxylic acids is 3. The van der Waals surface area contributed by atoms with E-state index in [-0.39, 0.29) is 24.7 Å². The minimum Gasteiger partial charge on any atom is -0.284 e. The molecule has 2 fully saturated rings. The third kappa shape index (κ3) is 4.82. The van der Waals surface area contributed by atoms with Crippen LogP contribution in [-0.2, 0) is 26.2 Å². The van der Waals surface area contributed by atoms with Gasteiger partial charge in [-0.3, -0.25) is 19.4 Å². The molecular weight excluding hydrogens is 444 g/mol. The molecule has 2 saturated heterocycles. The molecule has 10 heteroatoms. The van der Waals surface area contributed by atoms with Gasteiger partial charge in [0, 0.05) is 26.2 Å².